The van der Waals surface area contributed by atoms with E-state index >= 15 is 0 Å². The van der Waals surface area contributed by atoms with E-state index in [1.165, 1.54) is 0 Å². The standard InChI is InChI=1S/C17H25N3O2/c1-3-8-15(14-9-6-5-7-10-14)18-16(21)11-19-12-17(22)20(4-2)13-19/h5-7,9-10,15H,3-4,8,11-13H2,1-2H3,(H,18,21). The normalized spacial score (nSPS) is 16.8. The third kappa shape index (κ3) is 4.31. The minimum absolute atomic E-state index is 0.0203. The minimum Gasteiger partial charge on any atom is -0.348 e. The van der Waals surface area contributed by atoms with Gasteiger partial charge in [0.2, 0.25) is 11.8 Å². The van der Waals surface area contributed by atoms with Crippen molar-refractivity contribution in [3.05, 3.63) is 35.9 Å². The van der Waals surface area contributed by atoms with Gasteiger partial charge in [0.05, 0.1) is 25.8 Å². The van der Waals surface area contributed by atoms with Gasteiger partial charge in [-0.15, -0.1) is 0 Å². The topological polar surface area (TPSA) is 52.7 Å². The van der Waals surface area contributed by atoms with Crippen molar-refractivity contribution < 1.29 is 9.59 Å². The molecule has 1 aromatic rings. The van der Waals surface area contributed by atoms with Crippen LogP contribution in [-0.4, -0.2) is 47.9 Å². The molecule has 5 nitrogen and oxygen atoms in total. The van der Waals surface area contributed by atoms with Crippen molar-refractivity contribution in [3.8, 4) is 0 Å². The van der Waals surface area contributed by atoms with Crippen molar-refractivity contribution in [2.24, 2.45) is 0 Å². The molecule has 1 saturated heterocycles. The van der Waals surface area contributed by atoms with Crippen molar-refractivity contribution in [2.75, 3.05) is 26.3 Å². The van der Waals surface area contributed by atoms with Crippen molar-refractivity contribution in [2.45, 2.75) is 32.7 Å². The summed E-state index contributed by atoms with van der Waals surface area (Å²) in [5.41, 5.74) is 1.13. The van der Waals surface area contributed by atoms with Gasteiger partial charge in [-0.05, 0) is 18.9 Å². The fourth-order valence-electron chi connectivity index (χ4n) is 2.78. The smallest absolute Gasteiger partial charge is 0.237 e. The molecule has 1 N–H and O–H groups in total. The van der Waals surface area contributed by atoms with Gasteiger partial charge in [0.1, 0.15) is 0 Å². The van der Waals surface area contributed by atoms with Crippen molar-refractivity contribution in [1.82, 2.24) is 15.1 Å². The summed E-state index contributed by atoms with van der Waals surface area (Å²) in [6.45, 7) is 5.92. The summed E-state index contributed by atoms with van der Waals surface area (Å²) in [7, 11) is 0. The van der Waals surface area contributed by atoms with Crippen molar-refractivity contribution >= 4 is 11.8 Å². The molecule has 1 aromatic carbocycles. The lowest BCUT2D eigenvalue weighted by Gasteiger charge is -2.21. The first-order chi connectivity index (χ1) is 10.6. The van der Waals surface area contributed by atoms with Crippen LogP contribution in [0.3, 0.4) is 0 Å². The first-order valence-corrected chi connectivity index (χ1v) is 7.98. The van der Waals surface area contributed by atoms with Gasteiger partial charge in [-0.25, -0.2) is 0 Å². The molecule has 1 atom stereocenters. The predicted octanol–water partition coefficient (Wildman–Crippen LogP) is 1.77. The Morgan fingerprint density at radius 1 is 1.27 bits per heavy atom. The van der Waals surface area contributed by atoms with Crippen LogP contribution in [0.1, 0.15) is 38.3 Å². The quantitative estimate of drug-likeness (QED) is 0.835. The molecule has 1 aliphatic rings. The van der Waals surface area contributed by atoms with E-state index in [0.717, 1.165) is 18.4 Å². The zero-order chi connectivity index (χ0) is 15.9. The Kier molecular flexibility index (Phi) is 5.95. The summed E-state index contributed by atoms with van der Waals surface area (Å²) < 4.78 is 0. The number of rotatable bonds is 7. The minimum atomic E-state index is -0.0203. The molecule has 2 rings (SSSR count). The second-order valence-corrected chi connectivity index (χ2v) is 5.70. The summed E-state index contributed by atoms with van der Waals surface area (Å²) >= 11 is 0. The zero-order valence-corrected chi connectivity index (χ0v) is 13.4. The van der Waals surface area contributed by atoms with E-state index in [4.69, 9.17) is 0 Å². The Balaban J connectivity index is 1.91. The van der Waals surface area contributed by atoms with Crippen LogP contribution in [0.25, 0.3) is 0 Å². The van der Waals surface area contributed by atoms with Crippen LogP contribution < -0.4 is 5.32 Å². The van der Waals surface area contributed by atoms with Gasteiger partial charge in [-0.1, -0.05) is 43.7 Å². The molecule has 5 heteroatoms. The highest BCUT2D eigenvalue weighted by Gasteiger charge is 2.27. The molecule has 0 saturated carbocycles. The van der Waals surface area contributed by atoms with E-state index in [9.17, 15) is 9.59 Å². The number of carbonyl (C=O) groups is 2. The van der Waals surface area contributed by atoms with Gasteiger partial charge in [0.25, 0.3) is 0 Å². The van der Waals surface area contributed by atoms with Crippen LogP contribution in [0.5, 0.6) is 0 Å². The van der Waals surface area contributed by atoms with E-state index in [2.05, 4.69) is 12.2 Å². The molecule has 120 valence electrons. The average molecular weight is 303 g/mol. The second-order valence-electron chi connectivity index (χ2n) is 5.70. The molecule has 0 aliphatic carbocycles. The summed E-state index contributed by atoms with van der Waals surface area (Å²) in [4.78, 5) is 27.6. The molecule has 0 spiro atoms. The van der Waals surface area contributed by atoms with E-state index in [1.807, 2.05) is 42.2 Å². The Morgan fingerprint density at radius 3 is 2.59 bits per heavy atom. The van der Waals surface area contributed by atoms with Crippen LogP contribution >= 0.6 is 0 Å². The fraction of sp³-hybridized carbons (Fsp3) is 0.529. The lowest BCUT2D eigenvalue weighted by atomic mass is 10.0. The summed E-state index contributed by atoms with van der Waals surface area (Å²) in [5.74, 6) is 0.0801. The summed E-state index contributed by atoms with van der Waals surface area (Å²) in [6.07, 6.45) is 1.92. The van der Waals surface area contributed by atoms with E-state index in [-0.39, 0.29) is 24.4 Å². The zero-order valence-electron chi connectivity index (χ0n) is 13.4. The Labute approximate surface area is 132 Å². The molecule has 1 aliphatic heterocycles. The first kappa shape index (κ1) is 16.5. The number of hydrogen-bond acceptors (Lipinski definition) is 3. The maximum absolute atomic E-state index is 12.3. The third-order valence-electron chi connectivity index (χ3n) is 3.95. The predicted molar refractivity (Wildman–Crippen MR) is 86.1 cm³/mol. The maximum Gasteiger partial charge on any atom is 0.237 e. The highest BCUT2D eigenvalue weighted by Crippen LogP contribution is 2.18. The van der Waals surface area contributed by atoms with Crippen LogP contribution in [-0.2, 0) is 9.59 Å². The molecule has 1 heterocycles. The average Bonchev–Trinajstić information content (AvgIpc) is 2.87. The lowest BCUT2D eigenvalue weighted by molar-refractivity contribution is -0.126. The van der Waals surface area contributed by atoms with Crippen LogP contribution in [0.2, 0.25) is 0 Å². The van der Waals surface area contributed by atoms with Crippen LogP contribution in [0.15, 0.2) is 30.3 Å². The largest absolute Gasteiger partial charge is 0.348 e. The molecular weight excluding hydrogens is 278 g/mol. The number of amides is 2. The number of carbonyl (C=O) groups excluding carboxylic acids is 2. The van der Waals surface area contributed by atoms with Gasteiger partial charge < -0.3 is 10.2 Å². The number of nitrogens with zero attached hydrogens (tertiary/aromatic N) is 2. The highest BCUT2D eigenvalue weighted by atomic mass is 16.2. The summed E-state index contributed by atoms with van der Waals surface area (Å²) in [5, 5.41) is 3.10. The molecule has 2 amide bonds. The number of benzene rings is 1. The van der Waals surface area contributed by atoms with Crippen molar-refractivity contribution in [1.29, 1.82) is 0 Å². The van der Waals surface area contributed by atoms with Gasteiger partial charge in [-0.3, -0.25) is 14.5 Å². The van der Waals surface area contributed by atoms with Gasteiger partial charge in [0, 0.05) is 6.54 Å². The first-order valence-electron chi connectivity index (χ1n) is 7.98. The SMILES string of the molecule is CCCC(NC(=O)CN1CC(=O)N(CC)C1)c1ccccc1. The molecule has 1 unspecified atom stereocenters. The molecule has 0 bridgehead atoms. The van der Waals surface area contributed by atoms with E-state index < -0.39 is 0 Å². The Morgan fingerprint density at radius 2 is 2.00 bits per heavy atom. The van der Waals surface area contributed by atoms with Crippen LogP contribution in [0, 0.1) is 0 Å². The lowest BCUT2D eigenvalue weighted by Crippen LogP contribution is -2.38. The molecular formula is C17H25N3O2. The third-order valence-corrected chi connectivity index (χ3v) is 3.95. The maximum atomic E-state index is 12.3. The Hall–Kier alpha value is -1.88. The van der Waals surface area contributed by atoms with Crippen LogP contribution in [0.4, 0.5) is 0 Å². The van der Waals surface area contributed by atoms with E-state index in [1.54, 1.807) is 4.90 Å². The number of likely N-dealkylation sites (N-methyl/N-ethyl adjacent to an activating group) is 1. The monoisotopic (exact) mass is 303 g/mol. The highest BCUT2D eigenvalue weighted by molar-refractivity contribution is 5.83. The van der Waals surface area contributed by atoms with Crippen molar-refractivity contribution in [3.63, 3.8) is 0 Å². The molecule has 0 radical (unpaired) electrons. The number of hydrogen-bond donors (Lipinski definition) is 1. The van der Waals surface area contributed by atoms with E-state index in [0.29, 0.717) is 19.8 Å². The molecule has 22 heavy (non-hydrogen) atoms. The molecule has 0 aromatic heterocycles. The van der Waals surface area contributed by atoms with Gasteiger partial charge in [-0.2, -0.15) is 0 Å². The van der Waals surface area contributed by atoms with Gasteiger partial charge >= 0.3 is 0 Å². The Bertz CT molecular complexity index is 504. The fourth-order valence-corrected chi connectivity index (χ4v) is 2.78. The number of nitrogens with one attached hydrogen (secondary N) is 1. The van der Waals surface area contributed by atoms with Gasteiger partial charge in [0.15, 0.2) is 0 Å². The second kappa shape index (κ2) is 7.94. The molecule has 1 fully saturated rings. The summed E-state index contributed by atoms with van der Waals surface area (Å²) in [6, 6.07) is 10.1.